The molecule has 0 aliphatic rings. The maximum Gasteiger partial charge on any atom is 0.335 e. The van der Waals surface area contributed by atoms with Crippen LogP contribution >= 0.6 is 0 Å². The van der Waals surface area contributed by atoms with Gasteiger partial charge >= 0.3 is 5.97 Å². The molecule has 0 aliphatic heterocycles. The second-order valence-corrected chi connectivity index (χ2v) is 7.62. The van der Waals surface area contributed by atoms with Crippen molar-refractivity contribution < 1.29 is 14.7 Å². The molecular weight excluding hydrogens is 388 g/mol. The molecule has 0 aromatic heterocycles. The molecule has 0 unspecified atom stereocenters. The van der Waals surface area contributed by atoms with Crippen LogP contribution in [0.1, 0.15) is 51.6 Å². The van der Waals surface area contributed by atoms with E-state index in [1.165, 1.54) is 6.07 Å². The van der Waals surface area contributed by atoms with Crippen molar-refractivity contribution in [3.63, 3.8) is 0 Å². The van der Waals surface area contributed by atoms with Crippen molar-refractivity contribution in [2.24, 2.45) is 0 Å². The third kappa shape index (κ3) is 5.95. The molecule has 0 saturated heterocycles. The molecule has 0 aliphatic carbocycles. The second kappa shape index (κ2) is 10.4. The maximum atomic E-state index is 12.9. The lowest BCUT2D eigenvalue weighted by Gasteiger charge is -2.27. The molecule has 0 atom stereocenters. The summed E-state index contributed by atoms with van der Waals surface area (Å²) in [6.07, 6.45) is 2.02. The Balaban J connectivity index is 1.96. The van der Waals surface area contributed by atoms with Crippen LogP contribution in [0, 0.1) is 6.92 Å². The van der Waals surface area contributed by atoms with Gasteiger partial charge in [-0.2, -0.15) is 0 Å². The SMILES string of the molecule is CCCCN(Cc1ccccc1)c1ccc(C(=O)O)cc1NC(=O)c1ccc(C)cc1. The first kappa shape index (κ1) is 22.1. The first-order chi connectivity index (χ1) is 15.0. The van der Waals surface area contributed by atoms with E-state index < -0.39 is 5.97 Å². The molecule has 1 amide bonds. The smallest absolute Gasteiger partial charge is 0.335 e. The topological polar surface area (TPSA) is 69.6 Å². The van der Waals surface area contributed by atoms with Crippen LogP contribution in [0.2, 0.25) is 0 Å². The van der Waals surface area contributed by atoms with Gasteiger partial charge in [-0.3, -0.25) is 4.79 Å². The minimum Gasteiger partial charge on any atom is -0.478 e. The van der Waals surface area contributed by atoms with Crippen LogP contribution in [0.25, 0.3) is 0 Å². The number of unbranched alkanes of at least 4 members (excludes halogenated alkanes) is 1. The number of aromatic carboxylic acids is 1. The Morgan fingerprint density at radius 3 is 2.26 bits per heavy atom. The Morgan fingerprint density at radius 2 is 1.61 bits per heavy atom. The molecule has 3 aromatic carbocycles. The van der Waals surface area contributed by atoms with Gasteiger partial charge in [0, 0.05) is 18.7 Å². The summed E-state index contributed by atoms with van der Waals surface area (Å²) in [6.45, 7) is 5.56. The zero-order chi connectivity index (χ0) is 22.2. The number of nitrogens with zero attached hydrogens (tertiary/aromatic N) is 1. The summed E-state index contributed by atoms with van der Waals surface area (Å²) in [5.41, 5.74) is 4.19. The van der Waals surface area contributed by atoms with E-state index in [9.17, 15) is 14.7 Å². The third-order valence-corrected chi connectivity index (χ3v) is 5.14. The normalized spacial score (nSPS) is 10.5. The fraction of sp³-hybridized carbons (Fsp3) is 0.231. The molecule has 31 heavy (non-hydrogen) atoms. The number of carbonyl (C=O) groups excluding carboxylic acids is 1. The van der Waals surface area contributed by atoms with Crippen LogP contribution in [0.15, 0.2) is 72.8 Å². The van der Waals surface area contributed by atoms with Crippen molar-refractivity contribution in [1.29, 1.82) is 0 Å². The lowest BCUT2D eigenvalue weighted by Crippen LogP contribution is -2.26. The third-order valence-electron chi connectivity index (χ3n) is 5.14. The predicted molar refractivity (Wildman–Crippen MR) is 125 cm³/mol. The number of benzene rings is 3. The lowest BCUT2D eigenvalue weighted by molar-refractivity contribution is 0.0696. The van der Waals surface area contributed by atoms with E-state index in [4.69, 9.17) is 0 Å². The number of carbonyl (C=O) groups is 2. The summed E-state index contributed by atoms with van der Waals surface area (Å²) in [5.74, 6) is -1.29. The molecule has 2 N–H and O–H groups in total. The fourth-order valence-corrected chi connectivity index (χ4v) is 3.38. The summed E-state index contributed by atoms with van der Waals surface area (Å²) in [4.78, 5) is 26.6. The van der Waals surface area contributed by atoms with Gasteiger partial charge in [0.2, 0.25) is 0 Å². The van der Waals surface area contributed by atoms with Crippen molar-refractivity contribution in [2.75, 3.05) is 16.8 Å². The molecule has 5 nitrogen and oxygen atoms in total. The molecule has 0 bridgehead atoms. The average molecular weight is 417 g/mol. The number of anilines is 2. The zero-order valence-corrected chi connectivity index (χ0v) is 18.0. The Labute approximate surface area is 183 Å². The van der Waals surface area contributed by atoms with Gasteiger partial charge in [-0.25, -0.2) is 4.79 Å². The number of rotatable bonds is 9. The van der Waals surface area contributed by atoms with Crippen molar-refractivity contribution >= 4 is 23.3 Å². The highest BCUT2D eigenvalue weighted by molar-refractivity contribution is 6.06. The number of aryl methyl sites for hydroxylation is 1. The van der Waals surface area contributed by atoms with Crippen molar-refractivity contribution in [1.82, 2.24) is 0 Å². The number of carboxylic acid groups (broad SMARTS) is 1. The molecule has 0 spiro atoms. The Kier molecular flexibility index (Phi) is 7.44. The van der Waals surface area contributed by atoms with Crippen LogP contribution in [0.3, 0.4) is 0 Å². The fourth-order valence-electron chi connectivity index (χ4n) is 3.38. The number of nitrogens with one attached hydrogen (secondary N) is 1. The summed E-state index contributed by atoms with van der Waals surface area (Å²) in [7, 11) is 0. The summed E-state index contributed by atoms with van der Waals surface area (Å²) < 4.78 is 0. The quantitative estimate of drug-likeness (QED) is 0.466. The molecule has 3 aromatic rings. The zero-order valence-electron chi connectivity index (χ0n) is 18.0. The first-order valence-corrected chi connectivity index (χ1v) is 10.5. The van der Waals surface area contributed by atoms with E-state index in [0.717, 1.165) is 36.2 Å². The number of carboxylic acids is 1. The largest absolute Gasteiger partial charge is 0.478 e. The predicted octanol–water partition coefficient (Wildman–Crippen LogP) is 5.75. The minimum absolute atomic E-state index is 0.137. The molecular formula is C26H28N2O3. The van der Waals surface area contributed by atoms with Crippen LogP contribution in [0.4, 0.5) is 11.4 Å². The minimum atomic E-state index is -1.03. The molecule has 0 fully saturated rings. The van der Waals surface area contributed by atoms with E-state index in [0.29, 0.717) is 17.8 Å². The summed E-state index contributed by atoms with van der Waals surface area (Å²) >= 11 is 0. The van der Waals surface area contributed by atoms with Gasteiger partial charge < -0.3 is 15.3 Å². The number of hydrogen-bond acceptors (Lipinski definition) is 3. The summed E-state index contributed by atoms with van der Waals surface area (Å²) in [6, 6.07) is 22.3. The molecule has 0 radical (unpaired) electrons. The van der Waals surface area contributed by atoms with Gasteiger partial charge in [-0.15, -0.1) is 0 Å². The van der Waals surface area contributed by atoms with Crippen molar-refractivity contribution in [2.45, 2.75) is 33.2 Å². The van der Waals surface area contributed by atoms with Crippen LogP contribution in [-0.4, -0.2) is 23.5 Å². The Bertz CT molecular complexity index is 1030. The van der Waals surface area contributed by atoms with E-state index in [1.807, 2.05) is 37.3 Å². The summed E-state index contributed by atoms with van der Waals surface area (Å²) in [5, 5.41) is 12.4. The van der Waals surface area contributed by atoms with Gasteiger partial charge in [0.25, 0.3) is 5.91 Å². The highest BCUT2D eigenvalue weighted by atomic mass is 16.4. The van der Waals surface area contributed by atoms with E-state index in [2.05, 4.69) is 29.3 Å². The van der Waals surface area contributed by atoms with Gasteiger partial charge in [0.05, 0.1) is 16.9 Å². The molecule has 0 saturated carbocycles. The average Bonchev–Trinajstić information content (AvgIpc) is 2.77. The second-order valence-electron chi connectivity index (χ2n) is 7.62. The number of hydrogen-bond donors (Lipinski definition) is 2. The van der Waals surface area contributed by atoms with Gasteiger partial charge in [0.15, 0.2) is 0 Å². The maximum absolute atomic E-state index is 12.9. The molecule has 160 valence electrons. The van der Waals surface area contributed by atoms with Crippen LogP contribution in [0.5, 0.6) is 0 Å². The van der Waals surface area contributed by atoms with Gasteiger partial charge in [0.1, 0.15) is 0 Å². The number of amides is 1. The molecule has 0 heterocycles. The van der Waals surface area contributed by atoms with Crippen LogP contribution in [-0.2, 0) is 6.54 Å². The molecule has 5 heteroatoms. The monoisotopic (exact) mass is 416 g/mol. The van der Waals surface area contributed by atoms with Crippen molar-refractivity contribution in [3.05, 3.63) is 95.1 Å². The lowest BCUT2D eigenvalue weighted by atomic mass is 10.1. The Hall–Kier alpha value is -3.60. The standard InChI is InChI=1S/C26H28N2O3/c1-3-4-16-28(18-20-8-6-5-7-9-20)24-15-14-22(26(30)31)17-23(24)27-25(29)21-12-10-19(2)11-13-21/h5-15,17H,3-4,16,18H2,1-2H3,(H,27,29)(H,30,31). The van der Waals surface area contributed by atoms with E-state index >= 15 is 0 Å². The Morgan fingerprint density at radius 1 is 0.935 bits per heavy atom. The van der Waals surface area contributed by atoms with Crippen LogP contribution < -0.4 is 10.2 Å². The van der Waals surface area contributed by atoms with E-state index in [1.54, 1.807) is 24.3 Å². The molecule has 3 rings (SSSR count). The highest BCUT2D eigenvalue weighted by Crippen LogP contribution is 2.30. The van der Waals surface area contributed by atoms with Gasteiger partial charge in [-0.1, -0.05) is 61.4 Å². The van der Waals surface area contributed by atoms with Crippen molar-refractivity contribution in [3.8, 4) is 0 Å². The van der Waals surface area contributed by atoms with E-state index in [-0.39, 0.29) is 11.5 Å². The first-order valence-electron chi connectivity index (χ1n) is 10.5. The van der Waals surface area contributed by atoms with Gasteiger partial charge in [-0.05, 0) is 49.2 Å². The highest BCUT2D eigenvalue weighted by Gasteiger charge is 2.17.